The maximum Gasteiger partial charge on any atom is 0.310 e. The van der Waals surface area contributed by atoms with Crippen molar-refractivity contribution < 1.29 is 19.0 Å². The summed E-state index contributed by atoms with van der Waals surface area (Å²) in [6, 6.07) is 6.14. The highest BCUT2D eigenvalue weighted by molar-refractivity contribution is 5.71. The van der Waals surface area contributed by atoms with Crippen molar-refractivity contribution in [2.24, 2.45) is 5.92 Å². The summed E-state index contributed by atoms with van der Waals surface area (Å²) in [6.07, 6.45) is 0. The predicted octanol–water partition coefficient (Wildman–Crippen LogP) is 1.92. The topological polar surface area (TPSA) is 49.8 Å². The van der Waals surface area contributed by atoms with Crippen molar-refractivity contribution in [2.75, 3.05) is 20.3 Å². The fraction of sp³-hybridized carbons (Fsp3) is 0.500. The Morgan fingerprint density at radius 2 is 2.16 bits per heavy atom. The average molecular weight is 267 g/mol. The molecular weight excluding hydrogens is 249 g/mol. The quantitative estimate of drug-likeness (QED) is 0.905. The van der Waals surface area contributed by atoms with Crippen LogP contribution in [0.4, 0.5) is 4.39 Å². The van der Waals surface area contributed by atoms with Crippen molar-refractivity contribution in [1.29, 1.82) is 0 Å². The van der Waals surface area contributed by atoms with Gasteiger partial charge in [0.2, 0.25) is 0 Å². The summed E-state index contributed by atoms with van der Waals surface area (Å²) in [5.41, 5.74) is 0.570. The molecule has 1 fully saturated rings. The third-order valence-electron chi connectivity index (χ3n) is 3.86. The van der Waals surface area contributed by atoms with Crippen LogP contribution in [0.3, 0.4) is 0 Å². The zero-order valence-electron chi connectivity index (χ0n) is 11.0. The zero-order chi connectivity index (χ0) is 14.0. The maximum absolute atomic E-state index is 13.8. The number of carboxylic acids is 1. The minimum absolute atomic E-state index is 0.199. The summed E-state index contributed by atoms with van der Waals surface area (Å²) in [7, 11) is 1.81. The Labute approximate surface area is 111 Å². The number of carboxylic acid groups (broad SMARTS) is 1. The van der Waals surface area contributed by atoms with Crippen LogP contribution in [-0.2, 0) is 9.53 Å². The molecule has 1 N–H and O–H groups in total. The van der Waals surface area contributed by atoms with Crippen molar-refractivity contribution in [3.8, 4) is 0 Å². The number of benzene rings is 1. The lowest BCUT2D eigenvalue weighted by Gasteiger charge is -2.32. The molecule has 3 atom stereocenters. The number of carbonyl (C=O) groups is 1. The van der Waals surface area contributed by atoms with E-state index < -0.39 is 11.9 Å². The Hall–Kier alpha value is -1.46. The van der Waals surface area contributed by atoms with Gasteiger partial charge in [-0.25, -0.2) is 4.39 Å². The van der Waals surface area contributed by atoms with E-state index in [2.05, 4.69) is 0 Å². The van der Waals surface area contributed by atoms with Gasteiger partial charge in [0.15, 0.2) is 0 Å². The molecule has 0 spiro atoms. The first-order valence-electron chi connectivity index (χ1n) is 6.29. The normalized spacial score (nSPS) is 24.6. The van der Waals surface area contributed by atoms with Crippen LogP contribution < -0.4 is 0 Å². The Morgan fingerprint density at radius 3 is 2.79 bits per heavy atom. The molecule has 1 aliphatic heterocycles. The molecule has 4 nitrogen and oxygen atoms in total. The summed E-state index contributed by atoms with van der Waals surface area (Å²) in [5.74, 6) is -1.69. The monoisotopic (exact) mass is 267 g/mol. The summed E-state index contributed by atoms with van der Waals surface area (Å²) >= 11 is 0. The SMILES string of the molecule is CC(c1ccccc1F)N(C)C1COCC1C(=O)O. The number of hydrogen-bond acceptors (Lipinski definition) is 3. The van der Waals surface area contributed by atoms with Gasteiger partial charge in [0.05, 0.1) is 19.1 Å². The molecule has 3 unspecified atom stereocenters. The fourth-order valence-corrected chi connectivity index (χ4v) is 2.50. The first-order valence-corrected chi connectivity index (χ1v) is 6.29. The lowest BCUT2D eigenvalue weighted by atomic mass is 9.99. The van der Waals surface area contributed by atoms with Crippen molar-refractivity contribution >= 4 is 5.97 Å². The van der Waals surface area contributed by atoms with Crippen LogP contribution in [0.2, 0.25) is 0 Å². The van der Waals surface area contributed by atoms with Gasteiger partial charge in [-0.3, -0.25) is 9.69 Å². The molecule has 2 rings (SSSR count). The fourth-order valence-electron chi connectivity index (χ4n) is 2.50. The van der Waals surface area contributed by atoms with Gasteiger partial charge in [-0.15, -0.1) is 0 Å². The van der Waals surface area contributed by atoms with Gasteiger partial charge in [0.1, 0.15) is 5.82 Å². The molecule has 1 heterocycles. The van der Waals surface area contributed by atoms with E-state index in [1.165, 1.54) is 6.07 Å². The second-order valence-electron chi connectivity index (χ2n) is 4.91. The number of hydrogen-bond donors (Lipinski definition) is 1. The van der Waals surface area contributed by atoms with Crippen molar-refractivity contribution in [3.05, 3.63) is 35.6 Å². The van der Waals surface area contributed by atoms with Crippen LogP contribution in [0.1, 0.15) is 18.5 Å². The van der Waals surface area contributed by atoms with E-state index in [-0.39, 0.29) is 24.5 Å². The lowest BCUT2D eigenvalue weighted by molar-refractivity contribution is -0.143. The standard InChI is InChI=1S/C14H18FNO3/c1-9(10-5-3-4-6-12(10)15)16(2)13-8-19-7-11(13)14(17)18/h3-6,9,11,13H,7-8H2,1-2H3,(H,17,18). The van der Waals surface area contributed by atoms with E-state index in [1.807, 2.05) is 18.9 Å². The number of aliphatic carboxylic acids is 1. The molecule has 0 amide bonds. The van der Waals surface area contributed by atoms with Gasteiger partial charge < -0.3 is 9.84 Å². The molecule has 1 saturated heterocycles. The molecule has 0 bridgehead atoms. The first-order chi connectivity index (χ1) is 9.02. The molecule has 104 valence electrons. The average Bonchev–Trinajstić information content (AvgIpc) is 2.87. The van der Waals surface area contributed by atoms with E-state index in [9.17, 15) is 9.18 Å². The molecule has 1 aromatic rings. The van der Waals surface area contributed by atoms with Gasteiger partial charge in [0, 0.05) is 17.6 Å². The van der Waals surface area contributed by atoms with E-state index >= 15 is 0 Å². The summed E-state index contributed by atoms with van der Waals surface area (Å²) in [5, 5.41) is 9.16. The third kappa shape index (κ3) is 2.77. The number of likely N-dealkylation sites (N-methyl/N-ethyl adjacent to an activating group) is 1. The molecule has 19 heavy (non-hydrogen) atoms. The third-order valence-corrected chi connectivity index (χ3v) is 3.86. The van der Waals surface area contributed by atoms with Crippen LogP contribution in [0.25, 0.3) is 0 Å². The van der Waals surface area contributed by atoms with E-state index in [4.69, 9.17) is 9.84 Å². The lowest BCUT2D eigenvalue weighted by Crippen LogP contribution is -2.42. The highest BCUT2D eigenvalue weighted by Gasteiger charge is 2.38. The largest absolute Gasteiger partial charge is 0.481 e. The first kappa shape index (κ1) is 14.0. The van der Waals surface area contributed by atoms with E-state index in [0.717, 1.165) is 0 Å². The van der Waals surface area contributed by atoms with Crippen molar-refractivity contribution in [2.45, 2.75) is 19.0 Å². The Kier molecular flexibility index (Phi) is 4.17. The van der Waals surface area contributed by atoms with Crippen molar-refractivity contribution in [3.63, 3.8) is 0 Å². The molecule has 0 aromatic heterocycles. The van der Waals surface area contributed by atoms with Crippen LogP contribution >= 0.6 is 0 Å². The predicted molar refractivity (Wildman–Crippen MR) is 68.3 cm³/mol. The van der Waals surface area contributed by atoms with E-state index in [0.29, 0.717) is 12.2 Å². The van der Waals surface area contributed by atoms with Gasteiger partial charge in [-0.05, 0) is 20.0 Å². The van der Waals surface area contributed by atoms with Crippen LogP contribution in [0, 0.1) is 11.7 Å². The Morgan fingerprint density at radius 1 is 1.47 bits per heavy atom. The maximum atomic E-state index is 13.8. The molecule has 0 radical (unpaired) electrons. The summed E-state index contributed by atoms with van der Waals surface area (Å²) in [6.45, 7) is 2.45. The number of nitrogens with zero attached hydrogens (tertiary/aromatic N) is 1. The zero-order valence-corrected chi connectivity index (χ0v) is 11.0. The number of ether oxygens (including phenoxy) is 1. The Bertz CT molecular complexity index is 466. The van der Waals surface area contributed by atoms with Gasteiger partial charge in [0.25, 0.3) is 0 Å². The minimum Gasteiger partial charge on any atom is -0.481 e. The van der Waals surface area contributed by atoms with Gasteiger partial charge >= 0.3 is 5.97 Å². The minimum atomic E-state index is -0.866. The highest BCUT2D eigenvalue weighted by Crippen LogP contribution is 2.28. The van der Waals surface area contributed by atoms with E-state index in [1.54, 1.807) is 18.2 Å². The molecular formula is C14H18FNO3. The molecule has 1 aromatic carbocycles. The summed E-state index contributed by atoms with van der Waals surface area (Å²) in [4.78, 5) is 13.0. The second kappa shape index (κ2) is 5.67. The highest BCUT2D eigenvalue weighted by atomic mass is 19.1. The number of rotatable bonds is 4. The van der Waals surface area contributed by atoms with Gasteiger partial charge in [-0.2, -0.15) is 0 Å². The van der Waals surface area contributed by atoms with Crippen LogP contribution in [-0.4, -0.2) is 42.3 Å². The van der Waals surface area contributed by atoms with Crippen LogP contribution in [0.5, 0.6) is 0 Å². The van der Waals surface area contributed by atoms with Crippen molar-refractivity contribution in [1.82, 2.24) is 4.90 Å². The summed E-state index contributed by atoms with van der Waals surface area (Å²) < 4.78 is 19.0. The molecule has 0 aliphatic carbocycles. The number of halogens is 1. The smallest absolute Gasteiger partial charge is 0.310 e. The molecule has 1 aliphatic rings. The molecule has 0 saturated carbocycles. The Balaban J connectivity index is 2.17. The van der Waals surface area contributed by atoms with Crippen LogP contribution in [0.15, 0.2) is 24.3 Å². The van der Waals surface area contributed by atoms with Gasteiger partial charge in [-0.1, -0.05) is 18.2 Å². The second-order valence-corrected chi connectivity index (χ2v) is 4.91. The molecule has 5 heteroatoms.